The molecule has 2 aliphatic heterocycles. The monoisotopic (exact) mass is 545 g/mol. The van der Waals surface area contributed by atoms with Gasteiger partial charge in [-0.25, -0.2) is 9.59 Å². The number of carboxylic acid groups (broad SMARTS) is 1. The van der Waals surface area contributed by atoms with Gasteiger partial charge in [-0.2, -0.15) is 0 Å². The Bertz CT molecular complexity index is 1450. The molecule has 1 aromatic heterocycles. The molecule has 3 heterocycles. The molecule has 2 amide bonds. The van der Waals surface area contributed by atoms with Gasteiger partial charge in [0.05, 0.1) is 37.1 Å². The summed E-state index contributed by atoms with van der Waals surface area (Å²) in [5.41, 5.74) is 5.55. The Balaban J connectivity index is 1.57. The first-order chi connectivity index (χ1) is 19.4. The van der Waals surface area contributed by atoms with Gasteiger partial charge in [-0.15, -0.1) is 0 Å². The van der Waals surface area contributed by atoms with Crippen molar-refractivity contribution in [2.24, 2.45) is 0 Å². The number of nitrogens with one attached hydrogen (secondary N) is 1. The predicted molar refractivity (Wildman–Crippen MR) is 154 cm³/mol. The smallest absolute Gasteiger partial charge is 0.335 e. The Labute approximate surface area is 235 Å². The van der Waals surface area contributed by atoms with Crippen molar-refractivity contribution in [1.82, 2.24) is 14.8 Å². The SMILES string of the molecule is CCCC(CCC)c1c2n(c3cc(C(=O)O)ccc13)CC1(NC(=O)N3CCOCC3)CC1c1cc(OC)ccc1-2. The minimum atomic E-state index is -0.934. The lowest BCUT2D eigenvalue weighted by Crippen LogP contribution is -2.51. The summed E-state index contributed by atoms with van der Waals surface area (Å²) in [6.07, 6.45) is 5.09. The number of fused-ring (bicyclic) bond motifs is 7. The molecule has 1 saturated heterocycles. The summed E-state index contributed by atoms with van der Waals surface area (Å²) < 4.78 is 13.4. The molecule has 6 rings (SSSR count). The average molecular weight is 546 g/mol. The first-order valence-corrected chi connectivity index (χ1v) is 14.6. The van der Waals surface area contributed by atoms with Crippen LogP contribution in [0.1, 0.15) is 79.3 Å². The van der Waals surface area contributed by atoms with Crippen molar-refractivity contribution >= 4 is 22.9 Å². The zero-order valence-electron chi connectivity index (χ0n) is 23.7. The van der Waals surface area contributed by atoms with Gasteiger partial charge in [-0.05, 0) is 66.6 Å². The van der Waals surface area contributed by atoms with Crippen LogP contribution in [0, 0.1) is 0 Å². The minimum Gasteiger partial charge on any atom is -0.497 e. The van der Waals surface area contributed by atoms with Crippen LogP contribution in [0.15, 0.2) is 36.4 Å². The standard InChI is InChI=1S/C32H39N3O5/c1-4-6-20(7-5-2)28-24-10-8-21(30(36)37)16-27(24)35-19-32(33-31(38)34-12-14-40-15-13-34)18-26(32)25-17-22(39-3)9-11-23(25)29(28)35/h8-11,16-17,20,26H,4-7,12-15,18-19H2,1-3H3,(H,33,38)(H,36,37). The minimum absolute atomic E-state index is 0.0588. The molecule has 40 heavy (non-hydrogen) atoms. The zero-order valence-corrected chi connectivity index (χ0v) is 23.7. The van der Waals surface area contributed by atoms with E-state index in [-0.39, 0.29) is 17.5 Å². The normalized spacial score (nSPS) is 21.4. The van der Waals surface area contributed by atoms with E-state index in [4.69, 9.17) is 9.47 Å². The van der Waals surface area contributed by atoms with E-state index in [2.05, 4.69) is 35.9 Å². The Hall–Kier alpha value is -3.52. The number of carboxylic acids is 1. The Morgan fingerprint density at radius 1 is 1.12 bits per heavy atom. The van der Waals surface area contributed by atoms with Gasteiger partial charge >= 0.3 is 12.0 Å². The summed E-state index contributed by atoms with van der Waals surface area (Å²) in [7, 11) is 1.69. The van der Waals surface area contributed by atoms with Crippen LogP contribution in [-0.2, 0) is 11.3 Å². The molecular weight excluding hydrogens is 506 g/mol. The Kier molecular flexibility index (Phi) is 6.98. The molecule has 8 heteroatoms. The fraction of sp³-hybridized carbons (Fsp3) is 0.500. The van der Waals surface area contributed by atoms with Crippen molar-refractivity contribution in [3.63, 3.8) is 0 Å². The number of morpholine rings is 1. The van der Waals surface area contributed by atoms with Crippen molar-refractivity contribution in [1.29, 1.82) is 0 Å². The number of aromatic carboxylic acids is 1. The summed E-state index contributed by atoms with van der Waals surface area (Å²) in [5, 5.41) is 14.4. The number of carbonyl (C=O) groups is 2. The summed E-state index contributed by atoms with van der Waals surface area (Å²) in [6.45, 7) is 7.30. The van der Waals surface area contributed by atoms with Crippen LogP contribution in [-0.4, -0.2) is 65.5 Å². The van der Waals surface area contributed by atoms with E-state index in [9.17, 15) is 14.7 Å². The average Bonchev–Trinajstić information content (AvgIpc) is 3.60. The van der Waals surface area contributed by atoms with Crippen molar-refractivity contribution in [3.05, 3.63) is 53.1 Å². The Morgan fingerprint density at radius 2 is 1.88 bits per heavy atom. The third-order valence-corrected chi connectivity index (χ3v) is 9.09. The summed E-state index contributed by atoms with van der Waals surface area (Å²) in [4.78, 5) is 27.4. The predicted octanol–water partition coefficient (Wildman–Crippen LogP) is 5.98. The molecule has 212 valence electrons. The Morgan fingerprint density at radius 3 is 2.55 bits per heavy atom. The number of nitrogens with zero attached hydrogens (tertiary/aromatic N) is 2. The van der Waals surface area contributed by atoms with Gasteiger partial charge in [0.2, 0.25) is 0 Å². The van der Waals surface area contributed by atoms with Crippen molar-refractivity contribution in [3.8, 4) is 17.0 Å². The van der Waals surface area contributed by atoms with E-state index in [1.165, 1.54) is 11.1 Å². The molecular formula is C32H39N3O5. The highest BCUT2D eigenvalue weighted by Gasteiger charge is 2.59. The maximum Gasteiger partial charge on any atom is 0.335 e. The fourth-order valence-corrected chi connectivity index (χ4v) is 7.08. The highest BCUT2D eigenvalue weighted by molar-refractivity contribution is 5.99. The van der Waals surface area contributed by atoms with E-state index >= 15 is 0 Å². The van der Waals surface area contributed by atoms with Gasteiger partial charge in [0.15, 0.2) is 0 Å². The van der Waals surface area contributed by atoms with E-state index in [0.717, 1.165) is 60.0 Å². The second-order valence-electron chi connectivity index (χ2n) is 11.6. The van der Waals surface area contributed by atoms with Gasteiger partial charge in [0.25, 0.3) is 0 Å². The first kappa shape index (κ1) is 26.7. The molecule has 3 aromatic rings. The van der Waals surface area contributed by atoms with Crippen LogP contribution in [0.3, 0.4) is 0 Å². The number of urea groups is 1. The number of aromatic nitrogens is 1. The van der Waals surface area contributed by atoms with Crippen LogP contribution < -0.4 is 10.1 Å². The van der Waals surface area contributed by atoms with Gasteiger partial charge in [-0.1, -0.05) is 32.8 Å². The van der Waals surface area contributed by atoms with E-state index in [0.29, 0.717) is 38.8 Å². The number of ether oxygens (including phenoxy) is 2. The third kappa shape index (κ3) is 4.42. The number of amides is 2. The molecule has 0 bridgehead atoms. The molecule has 2 atom stereocenters. The number of rotatable bonds is 8. The van der Waals surface area contributed by atoms with Crippen LogP contribution in [0.25, 0.3) is 22.2 Å². The highest BCUT2D eigenvalue weighted by atomic mass is 16.5. The van der Waals surface area contributed by atoms with Gasteiger partial charge in [-0.3, -0.25) is 0 Å². The van der Waals surface area contributed by atoms with Gasteiger partial charge in [0.1, 0.15) is 5.75 Å². The third-order valence-electron chi connectivity index (χ3n) is 9.09. The molecule has 1 saturated carbocycles. The summed E-state index contributed by atoms with van der Waals surface area (Å²) >= 11 is 0. The quantitative estimate of drug-likeness (QED) is 0.363. The largest absolute Gasteiger partial charge is 0.497 e. The molecule has 0 spiro atoms. The molecule has 2 N–H and O–H groups in total. The number of methoxy groups -OCH3 is 1. The number of carbonyl (C=O) groups excluding carboxylic acids is 1. The number of hydrogen-bond donors (Lipinski definition) is 2. The lowest BCUT2D eigenvalue weighted by atomic mass is 9.85. The fourth-order valence-electron chi connectivity index (χ4n) is 7.08. The van der Waals surface area contributed by atoms with E-state index in [1.807, 2.05) is 23.1 Å². The van der Waals surface area contributed by atoms with E-state index < -0.39 is 11.5 Å². The summed E-state index contributed by atoms with van der Waals surface area (Å²) in [6, 6.07) is 11.8. The molecule has 1 aliphatic carbocycles. The molecule has 2 fully saturated rings. The first-order valence-electron chi connectivity index (χ1n) is 14.6. The van der Waals surface area contributed by atoms with Crippen LogP contribution in [0.5, 0.6) is 5.75 Å². The van der Waals surface area contributed by atoms with Crippen LogP contribution >= 0.6 is 0 Å². The maximum atomic E-state index is 13.5. The highest BCUT2D eigenvalue weighted by Crippen LogP contribution is 2.59. The molecule has 8 nitrogen and oxygen atoms in total. The molecule has 0 radical (unpaired) electrons. The maximum absolute atomic E-state index is 13.5. The lowest BCUT2D eigenvalue weighted by Gasteiger charge is -2.30. The van der Waals surface area contributed by atoms with Crippen molar-refractivity contribution in [2.45, 2.75) is 69.9 Å². The van der Waals surface area contributed by atoms with Crippen molar-refractivity contribution < 1.29 is 24.2 Å². The number of hydrogen-bond acceptors (Lipinski definition) is 4. The second kappa shape index (κ2) is 10.5. The van der Waals surface area contributed by atoms with Crippen molar-refractivity contribution in [2.75, 3.05) is 33.4 Å². The second-order valence-corrected chi connectivity index (χ2v) is 11.6. The number of benzene rings is 2. The molecule has 2 aromatic carbocycles. The van der Waals surface area contributed by atoms with Crippen LogP contribution in [0.2, 0.25) is 0 Å². The molecule has 2 unspecified atom stereocenters. The van der Waals surface area contributed by atoms with Gasteiger partial charge in [0, 0.05) is 42.0 Å². The summed E-state index contributed by atoms with van der Waals surface area (Å²) in [5.74, 6) is 0.365. The molecule has 3 aliphatic rings. The van der Waals surface area contributed by atoms with E-state index in [1.54, 1.807) is 13.2 Å². The topological polar surface area (TPSA) is 93.0 Å². The van der Waals surface area contributed by atoms with Crippen LogP contribution in [0.4, 0.5) is 4.79 Å². The lowest BCUT2D eigenvalue weighted by molar-refractivity contribution is 0.0520. The van der Waals surface area contributed by atoms with Gasteiger partial charge < -0.3 is 29.4 Å². The zero-order chi connectivity index (χ0) is 28.0.